The first-order valence-corrected chi connectivity index (χ1v) is 8.19. The van der Waals surface area contributed by atoms with Crippen LogP contribution >= 0.6 is 0 Å². The number of carbonyl (C=O) groups is 1. The normalized spacial score (nSPS) is 12.6. The second-order valence-corrected chi connectivity index (χ2v) is 6.30. The number of rotatable bonds is 6. The summed E-state index contributed by atoms with van der Waals surface area (Å²) in [6.45, 7) is 0. The smallest absolute Gasteiger partial charge is 0.267 e. The lowest BCUT2D eigenvalue weighted by atomic mass is 10.1. The molecule has 0 aliphatic rings. The van der Waals surface area contributed by atoms with Crippen LogP contribution in [0.3, 0.4) is 0 Å². The van der Waals surface area contributed by atoms with Gasteiger partial charge in [0, 0.05) is 13.3 Å². The van der Waals surface area contributed by atoms with Gasteiger partial charge in [-0.05, 0) is 17.7 Å². The van der Waals surface area contributed by atoms with Crippen molar-refractivity contribution in [3.8, 4) is 0 Å². The summed E-state index contributed by atoms with van der Waals surface area (Å²) in [6, 6.07) is 13.6. The van der Waals surface area contributed by atoms with Crippen LogP contribution in [0.5, 0.6) is 0 Å². The Balaban J connectivity index is 2.09. The number of nitrogens with zero attached hydrogens (tertiary/aromatic N) is 1. The molecule has 22 heavy (non-hydrogen) atoms. The van der Waals surface area contributed by atoms with Crippen molar-refractivity contribution in [2.75, 3.05) is 7.11 Å². The van der Waals surface area contributed by atoms with Gasteiger partial charge in [-0.1, -0.05) is 36.4 Å². The second-order valence-electron chi connectivity index (χ2n) is 4.57. The minimum atomic E-state index is -3.84. The number of nitrogens with one attached hydrogen (secondary N) is 1. The summed E-state index contributed by atoms with van der Waals surface area (Å²) in [4.78, 5) is 16.1. The van der Waals surface area contributed by atoms with Crippen molar-refractivity contribution in [3.05, 3.63) is 66.0 Å². The zero-order chi connectivity index (χ0) is 16.0. The number of methoxy groups -OCH3 is 1. The van der Waals surface area contributed by atoms with Crippen molar-refractivity contribution < 1.29 is 17.9 Å². The highest BCUT2D eigenvalue weighted by atomic mass is 32.2. The molecule has 0 aliphatic heterocycles. The van der Waals surface area contributed by atoms with Gasteiger partial charge >= 0.3 is 0 Å². The van der Waals surface area contributed by atoms with Crippen LogP contribution in [-0.4, -0.2) is 26.4 Å². The number of carbonyl (C=O) groups excluding carboxylic acids is 1. The molecule has 0 aliphatic carbocycles. The number of aromatic nitrogens is 1. The molecule has 0 saturated carbocycles. The van der Waals surface area contributed by atoms with Crippen molar-refractivity contribution in [2.24, 2.45) is 0 Å². The quantitative estimate of drug-likeness (QED) is 0.870. The van der Waals surface area contributed by atoms with E-state index in [4.69, 9.17) is 4.74 Å². The predicted octanol–water partition coefficient (Wildman–Crippen LogP) is 1.42. The first-order chi connectivity index (χ1) is 10.5. The van der Waals surface area contributed by atoms with Crippen molar-refractivity contribution >= 4 is 15.9 Å². The highest BCUT2D eigenvalue weighted by molar-refractivity contribution is 7.89. The summed E-state index contributed by atoms with van der Waals surface area (Å²) in [7, 11) is -2.49. The van der Waals surface area contributed by atoms with Crippen molar-refractivity contribution in [1.29, 1.82) is 0 Å². The summed E-state index contributed by atoms with van der Waals surface area (Å²) in [5.41, 5.74) is 0.937. The maximum absolute atomic E-state index is 12.1. The molecule has 1 unspecified atom stereocenters. The maximum Gasteiger partial charge on any atom is 0.267 e. The number of hydrogen-bond acceptors (Lipinski definition) is 5. The van der Waals surface area contributed by atoms with E-state index in [-0.39, 0.29) is 5.75 Å². The highest BCUT2D eigenvalue weighted by Gasteiger charge is 2.25. The van der Waals surface area contributed by atoms with Crippen LogP contribution in [0, 0.1) is 0 Å². The molecule has 6 nitrogen and oxygen atoms in total. The number of pyridine rings is 1. The Bertz CT molecular complexity index is 718. The van der Waals surface area contributed by atoms with E-state index >= 15 is 0 Å². The summed E-state index contributed by atoms with van der Waals surface area (Å²) < 4.78 is 31.2. The SMILES string of the molecule is COC(C(=O)NS(=O)(=O)Cc1ccccn1)c1ccccc1. The fourth-order valence-corrected chi connectivity index (χ4v) is 2.99. The van der Waals surface area contributed by atoms with E-state index in [0.717, 1.165) is 0 Å². The van der Waals surface area contributed by atoms with E-state index in [2.05, 4.69) is 4.98 Å². The molecule has 1 amide bonds. The summed E-state index contributed by atoms with van der Waals surface area (Å²) in [5.74, 6) is -1.10. The molecule has 2 aromatic rings. The zero-order valence-corrected chi connectivity index (χ0v) is 12.8. The summed E-state index contributed by atoms with van der Waals surface area (Å²) in [6.07, 6.45) is 0.508. The van der Waals surface area contributed by atoms with Gasteiger partial charge in [-0.15, -0.1) is 0 Å². The highest BCUT2D eigenvalue weighted by Crippen LogP contribution is 2.16. The number of hydrogen-bond donors (Lipinski definition) is 1. The number of benzene rings is 1. The maximum atomic E-state index is 12.1. The van der Waals surface area contributed by atoms with Crippen molar-refractivity contribution in [3.63, 3.8) is 0 Å². The first-order valence-electron chi connectivity index (χ1n) is 6.54. The predicted molar refractivity (Wildman–Crippen MR) is 81.2 cm³/mol. The lowest BCUT2D eigenvalue weighted by Gasteiger charge is -2.15. The number of ether oxygens (including phenoxy) is 1. The van der Waals surface area contributed by atoms with Crippen LogP contribution in [0.2, 0.25) is 0 Å². The van der Waals surface area contributed by atoms with Gasteiger partial charge in [0.1, 0.15) is 5.75 Å². The van der Waals surface area contributed by atoms with E-state index in [1.807, 2.05) is 4.72 Å². The lowest BCUT2D eigenvalue weighted by molar-refractivity contribution is -0.129. The van der Waals surface area contributed by atoms with Crippen LogP contribution in [0.15, 0.2) is 54.7 Å². The molecule has 0 spiro atoms. The van der Waals surface area contributed by atoms with Gasteiger partial charge in [0.15, 0.2) is 6.10 Å². The van der Waals surface area contributed by atoms with Crippen LogP contribution in [0.4, 0.5) is 0 Å². The summed E-state index contributed by atoms with van der Waals surface area (Å²) in [5, 5.41) is 0. The van der Waals surface area contributed by atoms with Gasteiger partial charge < -0.3 is 4.74 Å². The fourth-order valence-electron chi connectivity index (χ4n) is 1.94. The Kier molecular flexibility index (Phi) is 5.24. The second kappa shape index (κ2) is 7.15. The molecule has 7 heteroatoms. The van der Waals surface area contributed by atoms with E-state index in [0.29, 0.717) is 11.3 Å². The van der Waals surface area contributed by atoms with Crippen molar-refractivity contribution in [1.82, 2.24) is 9.71 Å². The molecule has 0 saturated heterocycles. The van der Waals surface area contributed by atoms with Gasteiger partial charge in [0.25, 0.3) is 5.91 Å². The Morgan fingerprint density at radius 1 is 1.18 bits per heavy atom. The van der Waals surface area contributed by atoms with Gasteiger partial charge in [-0.25, -0.2) is 8.42 Å². The molecule has 1 atom stereocenters. The monoisotopic (exact) mass is 320 g/mol. The Morgan fingerprint density at radius 2 is 1.86 bits per heavy atom. The van der Waals surface area contributed by atoms with Crippen LogP contribution in [0.1, 0.15) is 17.4 Å². The van der Waals surface area contributed by atoms with Gasteiger partial charge in [0.2, 0.25) is 10.0 Å². The third kappa shape index (κ3) is 4.37. The molecular weight excluding hydrogens is 304 g/mol. The number of amides is 1. The van der Waals surface area contributed by atoms with E-state index in [1.165, 1.54) is 13.3 Å². The van der Waals surface area contributed by atoms with E-state index in [9.17, 15) is 13.2 Å². The minimum absolute atomic E-state index is 0.358. The van der Waals surface area contributed by atoms with Gasteiger partial charge in [0.05, 0.1) is 5.69 Å². The Morgan fingerprint density at radius 3 is 2.45 bits per heavy atom. The Hall–Kier alpha value is -2.25. The molecule has 1 aromatic carbocycles. The lowest BCUT2D eigenvalue weighted by Crippen LogP contribution is -2.36. The van der Waals surface area contributed by atoms with Crippen molar-refractivity contribution in [2.45, 2.75) is 11.9 Å². The fraction of sp³-hybridized carbons (Fsp3) is 0.200. The molecule has 1 heterocycles. The average molecular weight is 320 g/mol. The zero-order valence-electron chi connectivity index (χ0n) is 12.0. The topological polar surface area (TPSA) is 85.4 Å². The van der Waals surface area contributed by atoms with Gasteiger partial charge in [-0.3, -0.25) is 14.5 Å². The molecule has 1 aromatic heterocycles. The molecule has 0 radical (unpaired) electrons. The van der Waals surface area contributed by atoms with E-state index < -0.39 is 22.0 Å². The molecule has 0 fully saturated rings. The third-order valence-electron chi connectivity index (χ3n) is 2.90. The molecule has 0 bridgehead atoms. The van der Waals surface area contributed by atoms with Crippen LogP contribution in [-0.2, 0) is 25.3 Å². The number of sulfonamides is 1. The standard InChI is InChI=1S/C15H16N2O4S/c1-21-14(12-7-3-2-4-8-12)15(18)17-22(19,20)11-13-9-5-6-10-16-13/h2-10,14H,11H2,1H3,(H,17,18). The van der Waals surface area contributed by atoms with Crippen LogP contribution in [0.25, 0.3) is 0 Å². The third-order valence-corrected chi connectivity index (χ3v) is 4.08. The minimum Gasteiger partial charge on any atom is -0.367 e. The average Bonchev–Trinajstić information content (AvgIpc) is 2.49. The van der Waals surface area contributed by atoms with Gasteiger partial charge in [-0.2, -0.15) is 0 Å². The molecule has 2 rings (SSSR count). The Labute approximate surface area is 129 Å². The molecular formula is C15H16N2O4S. The molecule has 1 N–H and O–H groups in total. The largest absolute Gasteiger partial charge is 0.367 e. The van der Waals surface area contributed by atoms with Crippen LogP contribution < -0.4 is 4.72 Å². The molecule has 116 valence electrons. The van der Waals surface area contributed by atoms with E-state index in [1.54, 1.807) is 48.5 Å². The first kappa shape index (κ1) is 16.1. The summed E-state index contributed by atoms with van der Waals surface area (Å²) >= 11 is 0.